The molecule has 0 N–H and O–H groups in total. The van der Waals surface area contributed by atoms with Crippen LogP contribution < -0.4 is 4.57 Å². The number of aryl methyl sites for hydroxylation is 1. The first-order valence-corrected chi connectivity index (χ1v) is 3.35. The van der Waals surface area contributed by atoms with Crippen LogP contribution >= 0.6 is 0 Å². The summed E-state index contributed by atoms with van der Waals surface area (Å²) in [5, 5.41) is 0. The van der Waals surface area contributed by atoms with Crippen LogP contribution in [0.5, 0.6) is 0 Å². The van der Waals surface area contributed by atoms with Crippen molar-refractivity contribution in [2.75, 3.05) is 0 Å². The first-order valence-electron chi connectivity index (χ1n) is 3.35. The molecule has 1 heterocycles. The van der Waals surface area contributed by atoms with Gasteiger partial charge in [-0.15, -0.1) is 8.96 Å². The Hall–Kier alpha value is -1.21. The van der Waals surface area contributed by atoms with E-state index in [4.69, 9.17) is 0 Å². The van der Waals surface area contributed by atoms with Crippen LogP contribution in [0.1, 0.15) is 0 Å². The summed E-state index contributed by atoms with van der Waals surface area (Å²) in [6.45, 7) is 0. The van der Waals surface area contributed by atoms with E-state index in [9.17, 15) is 26.3 Å². The normalized spacial score (nSPS) is 13.4. The van der Waals surface area contributed by atoms with E-state index < -0.39 is 22.9 Å². The van der Waals surface area contributed by atoms with E-state index in [1.807, 2.05) is 0 Å². The summed E-state index contributed by atoms with van der Waals surface area (Å²) in [5.74, 6) is 0. The van der Waals surface area contributed by atoms with Gasteiger partial charge in [-0.3, -0.25) is 0 Å². The van der Waals surface area contributed by atoms with Crippen molar-refractivity contribution in [2.24, 2.45) is 7.05 Å². The summed E-state index contributed by atoms with van der Waals surface area (Å²) in [7, 11) is 1.01. The maximum atomic E-state index is 12.7. The molecular weight excluding hydrogens is 214 g/mol. The second kappa shape index (κ2) is 2.89. The molecule has 8 heteroatoms. The average molecular weight is 219 g/mol. The van der Waals surface area contributed by atoms with Crippen molar-refractivity contribution < 1.29 is 30.9 Å². The van der Waals surface area contributed by atoms with E-state index in [1.165, 1.54) is 0 Å². The Balaban J connectivity index is 3.23. The fourth-order valence-corrected chi connectivity index (χ4v) is 0.806. The zero-order valence-electron chi connectivity index (χ0n) is 6.82. The third-order valence-electron chi connectivity index (χ3n) is 1.57. The van der Waals surface area contributed by atoms with Gasteiger partial charge in [-0.25, -0.2) is 4.57 Å². The quantitative estimate of drug-likeness (QED) is 0.500. The summed E-state index contributed by atoms with van der Waals surface area (Å²) in [6, 6.07) is -5.24. The van der Waals surface area contributed by atoms with Crippen molar-refractivity contribution >= 4 is 0 Å². The smallest absolute Gasteiger partial charge is 0.207 e. The van der Waals surface area contributed by atoms with Gasteiger partial charge in [0.2, 0.25) is 0 Å². The second-order valence-electron chi connectivity index (χ2n) is 2.59. The highest BCUT2D eigenvalue weighted by Crippen LogP contribution is 2.39. The van der Waals surface area contributed by atoms with Crippen LogP contribution in [0.3, 0.4) is 0 Å². The van der Waals surface area contributed by atoms with Crippen molar-refractivity contribution in [2.45, 2.75) is 12.2 Å². The Morgan fingerprint density at radius 1 is 1.21 bits per heavy atom. The zero-order valence-corrected chi connectivity index (χ0v) is 6.82. The van der Waals surface area contributed by atoms with Gasteiger partial charge < -0.3 is 0 Å². The highest BCUT2D eigenvalue weighted by atomic mass is 19.4. The average Bonchev–Trinajstić information content (AvgIpc) is 2.30. The topological polar surface area (TPSA) is 8.81 Å². The molecule has 14 heavy (non-hydrogen) atoms. The van der Waals surface area contributed by atoms with Crippen molar-refractivity contribution in [3.05, 3.63) is 18.5 Å². The molecule has 0 atom stereocenters. The van der Waals surface area contributed by atoms with Gasteiger partial charge in [-0.2, -0.15) is 22.0 Å². The molecular formula is C6H5F6N2+. The van der Waals surface area contributed by atoms with E-state index in [2.05, 4.69) is 0 Å². The molecule has 1 aromatic heterocycles. The van der Waals surface area contributed by atoms with Crippen molar-refractivity contribution in [1.82, 2.24) is 4.57 Å². The van der Waals surface area contributed by atoms with Crippen molar-refractivity contribution in [1.29, 1.82) is 0 Å². The number of aromatic nitrogens is 2. The lowest BCUT2D eigenvalue weighted by atomic mass is 10.5. The zero-order chi connectivity index (χ0) is 11.1. The van der Waals surface area contributed by atoms with Crippen molar-refractivity contribution in [3.8, 4) is 0 Å². The standard InChI is InChI=1S/C6H5F6N2/c1-13-2-3-14(4(13)7)6(11,12)5(8,9)10/h2-3H,1H3/q+1. The first kappa shape index (κ1) is 10.9. The minimum absolute atomic E-state index is 0.322. The van der Waals surface area contributed by atoms with E-state index in [0.29, 0.717) is 10.8 Å². The van der Waals surface area contributed by atoms with Gasteiger partial charge in [0.1, 0.15) is 12.4 Å². The molecule has 2 nitrogen and oxygen atoms in total. The molecule has 0 aromatic carbocycles. The number of halogens is 6. The minimum Gasteiger partial charge on any atom is -0.207 e. The molecule has 0 radical (unpaired) electrons. The maximum Gasteiger partial charge on any atom is 0.500 e. The molecule has 0 amide bonds. The van der Waals surface area contributed by atoms with Gasteiger partial charge in [0.25, 0.3) is 0 Å². The molecule has 0 spiro atoms. The van der Waals surface area contributed by atoms with Crippen LogP contribution in [0.15, 0.2) is 12.4 Å². The molecule has 0 fully saturated rings. The number of imidazole rings is 1. The maximum absolute atomic E-state index is 12.7. The Morgan fingerprint density at radius 3 is 2.00 bits per heavy atom. The molecule has 1 rings (SSSR count). The van der Waals surface area contributed by atoms with Crippen LogP contribution in [0.25, 0.3) is 0 Å². The largest absolute Gasteiger partial charge is 0.500 e. The lowest BCUT2D eigenvalue weighted by Gasteiger charge is -2.14. The van der Waals surface area contributed by atoms with E-state index >= 15 is 0 Å². The third-order valence-corrected chi connectivity index (χ3v) is 1.57. The molecule has 0 saturated carbocycles. The minimum atomic E-state index is -5.82. The number of hydrogen-bond acceptors (Lipinski definition) is 0. The summed E-state index contributed by atoms with van der Waals surface area (Å²) in [5.41, 5.74) is 0. The molecule has 0 unspecified atom stereocenters. The lowest BCUT2D eigenvalue weighted by Crippen LogP contribution is -2.43. The fraction of sp³-hybridized carbons (Fsp3) is 0.500. The number of alkyl halides is 5. The highest BCUT2D eigenvalue weighted by molar-refractivity contribution is 4.80. The molecule has 0 bridgehead atoms. The second-order valence-corrected chi connectivity index (χ2v) is 2.59. The Labute approximate surface area is 74.4 Å². The summed E-state index contributed by atoms with van der Waals surface area (Å²) < 4.78 is 72.8. The van der Waals surface area contributed by atoms with Gasteiger partial charge >= 0.3 is 18.3 Å². The van der Waals surface area contributed by atoms with Crippen LogP contribution in [0.2, 0.25) is 0 Å². The van der Waals surface area contributed by atoms with E-state index in [0.717, 1.165) is 13.2 Å². The summed E-state index contributed by atoms with van der Waals surface area (Å²) in [6.07, 6.45) is -6.41. The first-order chi connectivity index (χ1) is 6.18. The molecule has 0 aliphatic rings. The summed E-state index contributed by atoms with van der Waals surface area (Å²) in [4.78, 5) is 0. The SMILES string of the molecule is C[n+]1ccn(C(F)(F)C(F)(F)F)c1F. The van der Waals surface area contributed by atoms with Crippen LogP contribution in [-0.2, 0) is 13.1 Å². The van der Waals surface area contributed by atoms with E-state index in [1.54, 1.807) is 0 Å². The molecule has 80 valence electrons. The van der Waals surface area contributed by atoms with Gasteiger partial charge in [0.15, 0.2) is 0 Å². The summed E-state index contributed by atoms with van der Waals surface area (Å²) >= 11 is 0. The fourth-order valence-electron chi connectivity index (χ4n) is 0.806. The Morgan fingerprint density at radius 2 is 1.71 bits per heavy atom. The number of nitrogens with zero attached hydrogens (tertiary/aromatic N) is 2. The van der Waals surface area contributed by atoms with Crippen LogP contribution in [0.4, 0.5) is 26.3 Å². The lowest BCUT2D eigenvalue weighted by molar-refractivity contribution is -0.701. The molecule has 1 aromatic rings. The van der Waals surface area contributed by atoms with Crippen molar-refractivity contribution in [3.63, 3.8) is 0 Å². The molecule has 0 aliphatic carbocycles. The van der Waals surface area contributed by atoms with E-state index in [-0.39, 0.29) is 0 Å². The molecule has 0 saturated heterocycles. The predicted molar refractivity (Wildman–Crippen MR) is 31.8 cm³/mol. The number of rotatable bonds is 1. The van der Waals surface area contributed by atoms with Crippen LogP contribution in [0, 0.1) is 6.08 Å². The van der Waals surface area contributed by atoms with Gasteiger partial charge in [0, 0.05) is 0 Å². The van der Waals surface area contributed by atoms with Crippen LogP contribution in [-0.4, -0.2) is 10.7 Å². The third kappa shape index (κ3) is 1.44. The molecule has 0 aliphatic heterocycles. The number of hydrogen-bond donors (Lipinski definition) is 0. The van der Waals surface area contributed by atoms with Gasteiger partial charge in [-0.1, -0.05) is 0 Å². The monoisotopic (exact) mass is 219 g/mol. The Bertz CT molecular complexity index is 339. The Kier molecular flexibility index (Phi) is 2.24. The highest BCUT2D eigenvalue weighted by Gasteiger charge is 2.65. The predicted octanol–water partition coefficient (Wildman–Crippen LogP) is 1.56. The van der Waals surface area contributed by atoms with Gasteiger partial charge in [0.05, 0.1) is 7.05 Å². The van der Waals surface area contributed by atoms with Gasteiger partial charge in [-0.05, 0) is 0 Å².